The molecule has 0 aromatic heterocycles. The normalized spacial score (nSPS) is 17.9. The molecular formula is C20H21BF2O4. The van der Waals surface area contributed by atoms with E-state index in [4.69, 9.17) is 25.2 Å². The van der Waals surface area contributed by atoms with Crippen molar-refractivity contribution in [3.05, 3.63) is 35.4 Å². The van der Waals surface area contributed by atoms with Crippen LogP contribution in [0, 0.1) is 24.0 Å². The van der Waals surface area contributed by atoms with E-state index in [1.807, 2.05) is 27.7 Å². The molecule has 1 aliphatic heterocycles. The second kappa shape index (κ2) is 6.79. The van der Waals surface area contributed by atoms with E-state index in [-0.39, 0.29) is 12.4 Å². The van der Waals surface area contributed by atoms with Crippen molar-refractivity contribution in [2.45, 2.75) is 38.9 Å². The van der Waals surface area contributed by atoms with Crippen LogP contribution in [0.15, 0.2) is 18.2 Å². The van der Waals surface area contributed by atoms with E-state index in [0.29, 0.717) is 22.0 Å². The predicted molar refractivity (Wildman–Crippen MR) is 100 cm³/mol. The van der Waals surface area contributed by atoms with Crippen molar-refractivity contribution in [2.75, 3.05) is 13.9 Å². The van der Waals surface area contributed by atoms with Crippen LogP contribution in [0.3, 0.4) is 0 Å². The molecule has 0 bridgehead atoms. The van der Waals surface area contributed by atoms with Crippen molar-refractivity contribution in [3.63, 3.8) is 0 Å². The van der Waals surface area contributed by atoms with Gasteiger partial charge in [0.05, 0.1) is 16.8 Å². The minimum absolute atomic E-state index is 0.0000133. The number of fused-ring (bicyclic) bond motifs is 1. The van der Waals surface area contributed by atoms with E-state index in [2.05, 4.69) is 5.92 Å². The van der Waals surface area contributed by atoms with E-state index in [1.165, 1.54) is 7.11 Å². The van der Waals surface area contributed by atoms with Crippen molar-refractivity contribution < 1.29 is 27.6 Å². The lowest BCUT2D eigenvalue weighted by Crippen LogP contribution is -2.41. The Labute approximate surface area is 157 Å². The zero-order valence-electron chi connectivity index (χ0n) is 16.0. The molecule has 1 aliphatic rings. The second-order valence-electron chi connectivity index (χ2n) is 7.44. The van der Waals surface area contributed by atoms with Crippen LogP contribution in [-0.4, -0.2) is 32.2 Å². The fourth-order valence-electron chi connectivity index (χ4n) is 2.99. The number of halogens is 2. The van der Waals surface area contributed by atoms with E-state index in [1.54, 1.807) is 12.1 Å². The highest BCUT2D eigenvalue weighted by atomic mass is 19.2. The fraction of sp³-hybridized carbons (Fsp3) is 0.400. The Hall–Kier alpha value is -2.14. The first kappa shape index (κ1) is 19.6. The van der Waals surface area contributed by atoms with Crippen LogP contribution >= 0.6 is 0 Å². The third-order valence-corrected chi connectivity index (χ3v) is 5.13. The van der Waals surface area contributed by atoms with Gasteiger partial charge in [0.15, 0.2) is 18.4 Å². The standard InChI is InChI=1S/C20H21BF2O4/c1-7-14-17-12(9-16(22)18(14)23)8-13(25-11-24-6)10-15(17)21-26-19(2,3)20(4,5)27-21/h1,8-10H,11H2,2-6H3. The summed E-state index contributed by atoms with van der Waals surface area (Å²) in [6, 6.07) is 4.31. The van der Waals surface area contributed by atoms with Crippen molar-refractivity contribution in [1.82, 2.24) is 0 Å². The highest BCUT2D eigenvalue weighted by Crippen LogP contribution is 2.38. The Balaban J connectivity index is 2.26. The summed E-state index contributed by atoms with van der Waals surface area (Å²) in [6.07, 6.45) is 5.49. The number of hydrogen-bond donors (Lipinski definition) is 0. The Bertz CT molecular complexity index is 918. The van der Waals surface area contributed by atoms with Crippen LogP contribution in [0.2, 0.25) is 0 Å². The predicted octanol–water partition coefficient (Wildman–Crippen LogP) is 3.38. The first-order chi connectivity index (χ1) is 12.6. The highest BCUT2D eigenvalue weighted by molar-refractivity contribution is 6.65. The Morgan fingerprint density at radius 1 is 1.11 bits per heavy atom. The molecule has 142 valence electrons. The van der Waals surface area contributed by atoms with Crippen LogP contribution < -0.4 is 10.2 Å². The molecule has 0 spiro atoms. The van der Waals surface area contributed by atoms with E-state index >= 15 is 0 Å². The SMILES string of the molecule is C#Cc1c(F)c(F)cc2cc(OCOC)cc(B3OC(C)(C)C(C)(C)O3)c12. The molecule has 0 amide bonds. The van der Waals surface area contributed by atoms with Gasteiger partial charge in [-0.15, -0.1) is 6.42 Å². The van der Waals surface area contributed by atoms with Crippen LogP contribution in [0.5, 0.6) is 5.75 Å². The molecule has 0 atom stereocenters. The van der Waals surface area contributed by atoms with Gasteiger partial charge in [0.2, 0.25) is 0 Å². The molecule has 27 heavy (non-hydrogen) atoms. The quantitative estimate of drug-likeness (QED) is 0.467. The summed E-state index contributed by atoms with van der Waals surface area (Å²) in [7, 11) is 0.669. The smallest absolute Gasteiger partial charge is 0.468 e. The molecule has 0 unspecified atom stereocenters. The zero-order valence-corrected chi connectivity index (χ0v) is 16.0. The van der Waals surface area contributed by atoms with Gasteiger partial charge in [0.25, 0.3) is 0 Å². The largest absolute Gasteiger partial charge is 0.495 e. The van der Waals surface area contributed by atoms with Gasteiger partial charge in [-0.05, 0) is 56.7 Å². The maximum atomic E-state index is 14.4. The molecule has 0 saturated carbocycles. The molecular weight excluding hydrogens is 353 g/mol. The van der Waals surface area contributed by atoms with Crippen LogP contribution in [0.1, 0.15) is 33.3 Å². The number of terminal acetylenes is 1. The minimum Gasteiger partial charge on any atom is -0.468 e. The molecule has 1 fully saturated rings. The fourth-order valence-corrected chi connectivity index (χ4v) is 2.99. The third kappa shape index (κ3) is 3.29. The van der Waals surface area contributed by atoms with Gasteiger partial charge in [-0.3, -0.25) is 0 Å². The summed E-state index contributed by atoms with van der Waals surface area (Å²) in [6.45, 7) is 7.62. The van der Waals surface area contributed by atoms with E-state index in [9.17, 15) is 8.78 Å². The van der Waals surface area contributed by atoms with E-state index in [0.717, 1.165) is 6.07 Å². The number of benzene rings is 2. The Morgan fingerprint density at radius 3 is 2.30 bits per heavy atom. The molecule has 4 nitrogen and oxygen atoms in total. The molecule has 1 saturated heterocycles. The second-order valence-corrected chi connectivity index (χ2v) is 7.44. The lowest BCUT2D eigenvalue weighted by molar-refractivity contribution is 0.00578. The van der Waals surface area contributed by atoms with Gasteiger partial charge >= 0.3 is 7.12 Å². The minimum atomic E-state index is -1.08. The van der Waals surface area contributed by atoms with Gasteiger partial charge in [-0.25, -0.2) is 8.78 Å². The maximum Gasteiger partial charge on any atom is 0.495 e. The molecule has 0 aliphatic carbocycles. The average Bonchev–Trinajstić information content (AvgIpc) is 2.81. The summed E-state index contributed by atoms with van der Waals surface area (Å²) < 4.78 is 51.0. The summed E-state index contributed by atoms with van der Waals surface area (Å²) >= 11 is 0. The summed E-state index contributed by atoms with van der Waals surface area (Å²) in [4.78, 5) is 0. The molecule has 3 rings (SSSR count). The number of methoxy groups -OCH3 is 1. The Morgan fingerprint density at radius 2 is 1.74 bits per heavy atom. The van der Waals surface area contributed by atoms with Crippen molar-refractivity contribution in [3.8, 4) is 18.1 Å². The molecule has 2 aromatic rings. The monoisotopic (exact) mass is 374 g/mol. The third-order valence-electron chi connectivity index (χ3n) is 5.13. The average molecular weight is 374 g/mol. The molecule has 0 N–H and O–H groups in total. The number of rotatable bonds is 4. The first-order valence-corrected chi connectivity index (χ1v) is 8.51. The van der Waals surface area contributed by atoms with Crippen molar-refractivity contribution in [2.24, 2.45) is 0 Å². The summed E-state index contributed by atoms with van der Waals surface area (Å²) in [5.74, 6) is 0.557. The maximum absolute atomic E-state index is 14.4. The van der Waals surface area contributed by atoms with Crippen molar-refractivity contribution >= 4 is 23.4 Å². The first-order valence-electron chi connectivity index (χ1n) is 8.51. The van der Waals surface area contributed by atoms with Crippen LogP contribution in [-0.2, 0) is 14.0 Å². The van der Waals surface area contributed by atoms with Gasteiger partial charge in [-0.2, -0.15) is 0 Å². The molecule has 1 heterocycles. The lowest BCUT2D eigenvalue weighted by atomic mass is 9.74. The van der Waals surface area contributed by atoms with Gasteiger partial charge in [-0.1, -0.05) is 5.92 Å². The van der Waals surface area contributed by atoms with Gasteiger partial charge in [0, 0.05) is 12.5 Å². The zero-order chi connectivity index (χ0) is 20.0. The molecule has 7 heteroatoms. The van der Waals surface area contributed by atoms with E-state index < -0.39 is 30.0 Å². The highest BCUT2D eigenvalue weighted by Gasteiger charge is 2.52. The van der Waals surface area contributed by atoms with Crippen LogP contribution in [0.25, 0.3) is 10.8 Å². The number of hydrogen-bond acceptors (Lipinski definition) is 4. The van der Waals surface area contributed by atoms with Crippen LogP contribution in [0.4, 0.5) is 8.78 Å². The topological polar surface area (TPSA) is 36.9 Å². The summed E-state index contributed by atoms with van der Waals surface area (Å²) in [5.41, 5.74) is -0.915. The summed E-state index contributed by atoms with van der Waals surface area (Å²) in [5, 5.41) is 0.750. The van der Waals surface area contributed by atoms with Gasteiger partial charge < -0.3 is 18.8 Å². The van der Waals surface area contributed by atoms with Crippen molar-refractivity contribution in [1.29, 1.82) is 0 Å². The lowest BCUT2D eigenvalue weighted by Gasteiger charge is -2.32. The van der Waals surface area contributed by atoms with Gasteiger partial charge in [0.1, 0.15) is 5.75 Å². The Kier molecular flexibility index (Phi) is 4.93. The molecule has 2 aromatic carbocycles. The molecule has 0 radical (unpaired) electrons. The number of ether oxygens (including phenoxy) is 2.